The summed E-state index contributed by atoms with van der Waals surface area (Å²) in [6, 6.07) is 9.58. The molecule has 0 spiro atoms. The van der Waals surface area contributed by atoms with Gasteiger partial charge in [-0.2, -0.15) is 0 Å². The number of carbonyl (C=O) groups excluding carboxylic acids is 1. The number of aromatic nitrogens is 2. The number of imidazole rings is 1. The number of carbonyl (C=O) groups is 1. The Balaban J connectivity index is 2.14. The predicted molar refractivity (Wildman–Crippen MR) is 70.9 cm³/mol. The summed E-state index contributed by atoms with van der Waals surface area (Å²) < 4.78 is 1.56. The van der Waals surface area contributed by atoms with Crippen molar-refractivity contribution >= 4 is 16.9 Å². The maximum absolute atomic E-state index is 12.0. The lowest BCUT2D eigenvalue weighted by atomic mass is 10.1. The summed E-state index contributed by atoms with van der Waals surface area (Å²) in [6.07, 6.45) is 0. The van der Waals surface area contributed by atoms with E-state index in [9.17, 15) is 9.59 Å². The fourth-order valence-electron chi connectivity index (χ4n) is 2.28. The number of nitrogens with one attached hydrogen (secondary N) is 1. The first-order valence-electron chi connectivity index (χ1n) is 5.74. The molecule has 0 unspecified atom stereocenters. The highest BCUT2D eigenvalue weighted by Gasteiger charge is 2.29. The smallest absolute Gasteiger partial charge is 0.308 e. The van der Waals surface area contributed by atoms with Crippen LogP contribution in [0.3, 0.4) is 0 Å². The van der Waals surface area contributed by atoms with Crippen LogP contribution in [0.15, 0.2) is 35.1 Å². The highest BCUT2D eigenvalue weighted by atomic mass is 32.2. The van der Waals surface area contributed by atoms with Gasteiger partial charge in [-0.05, 0) is 12.5 Å². The van der Waals surface area contributed by atoms with Crippen LogP contribution in [0, 0.1) is 0 Å². The van der Waals surface area contributed by atoms with Gasteiger partial charge in [-0.15, -0.1) is 0 Å². The van der Waals surface area contributed by atoms with Gasteiger partial charge in [0.2, 0.25) is 5.12 Å². The minimum atomic E-state index is -0.204. The van der Waals surface area contributed by atoms with E-state index in [2.05, 4.69) is 4.98 Å². The molecule has 18 heavy (non-hydrogen) atoms. The third kappa shape index (κ3) is 1.62. The summed E-state index contributed by atoms with van der Waals surface area (Å²) in [4.78, 5) is 26.6. The van der Waals surface area contributed by atoms with Gasteiger partial charge >= 0.3 is 5.69 Å². The Kier molecular flexibility index (Phi) is 2.63. The SMILES string of the molecule is C[C@@H](c1ccccc1)n1c2c([nH]c1=O)CSC2=O. The molecular formula is C13H12N2O2S. The minimum Gasteiger partial charge on any atom is -0.308 e. The molecule has 1 aromatic heterocycles. The van der Waals surface area contributed by atoms with Gasteiger partial charge in [-0.3, -0.25) is 9.36 Å². The molecule has 1 atom stereocenters. The summed E-state index contributed by atoms with van der Waals surface area (Å²) in [5, 5.41) is -0.0221. The normalized spacial score (nSPS) is 15.7. The molecule has 0 bridgehead atoms. The van der Waals surface area contributed by atoms with E-state index in [0.29, 0.717) is 11.4 Å². The largest absolute Gasteiger partial charge is 0.326 e. The number of fused-ring (bicyclic) bond motifs is 1. The molecule has 0 amide bonds. The average Bonchev–Trinajstić information content (AvgIpc) is 2.89. The van der Waals surface area contributed by atoms with Gasteiger partial charge in [-0.1, -0.05) is 42.1 Å². The van der Waals surface area contributed by atoms with Crippen molar-refractivity contribution in [3.05, 3.63) is 57.8 Å². The maximum atomic E-state index is 12.0. The molecule has 2 aromatic rings. The van der Waals surface area contributed by atoms with Crippen molar-refractivity contribution in [1.82, 2.24) is 9.55 Å². The van der Waals surface area contributed by atoms with Crippen LogP contribution < -0.4 is 5.69 Å². The van der Waals surface area contributed by atoms with E-state index in [1.165, 1.54) is 11.8 Å². The zero-order valence-electron chi connectivity index (χ0n) is 9.84. The van der Waals surface area contributed by atoms with Crippen molar-refractivity contribution in [3.8, 4) is 0 Å². The van der Waals surface area contributed by atoms with Crippen molar-refractivity contribution in [2.75, 3.05) is 0 Å². The van der Waals surface area contributed by atoms with Crippen LogP contribution in [-0.2, 0) is 5.75 Å². The predicted octanol–water partition coefficient (Wildman–Crippen LogP) is 2.17. The lowest BCUT2D eigenvalue weighted by Crippen LogP contribution is -2.24. The van der Waals surface area contributed by atoms with Gasteiger partial charge in [-0.25, -0.2) is 4.79 Å². The summed E-state index contributed by atoms with van der Waals surface area (Å²) in [5.41, 5.74) is 2.09. The standard InChI is InChI=1S/C13H12N2O2S/c1-8(9-5-3-2-4-6-9)15-11-10(14-13(15)17)7-18-12(11)16/h2-6,8H,7H2,1H3,(H,14,17)/t8-/m0/s1. The van der Waals surface area contributed by atoms with Gasteiger partial charge < -0.3 is 4.98 Å². The van der Waals surface area contributed by atoms with Crippen LogP contribution in [0.2, 0.25) is 0 Å². The molecule has 0 saturated carbocycles. The van der Waals surface area contributed by atoms with E-state index >= 15 is 0 Å². The minimum absolute atomic E-state index is 0.0221. The number of aromatic amines is 1. The van der Waals surface area contributed by atoms with Crippen molar-refractivity contribution < 1.29 is 4.79 Å². The van der Waals surface area contributed by atoms with E-state index in [1.807, 2.05) is 37.3 Å². The average molecular weight is 260 g/mol. The fraction of sp³-hybridized carbons (Fsp3) is 0.231. The van der Waals surface area contributed by atoms with Crippen LogP contribution >= 0.6 is 11.8 Å². The molecule has 0 saturated heterocycles. The van der Waals surface area contributed by atoms with Crippen molar-refractivity contribution in [2.24, 2.45) is 0 Å². The lowest BCUT2D eigenvalue weighted by molar-refractivity contribution is 0.108. The Morgan fingerprint density at radius 1 is 1.28 bits per heavy atom. The van der Waals surface area contributed by atoms with Gasteiger partial charge in [0.1, 0.15) is 5.69 Å². The number of rotatable bonds is 2. The topological polar surface area (TPSA) is 54.9 Å². The maximum Gasteiger partial charge on any atom is 0.326 e. The van der Waals surface area contributed by atoms with E-state index in [4.69, 9.17) is 0 Å². The summed E-state index contributed by atoms with van der Waals surface area (Å²) >= 11 is 1.24. The van der Waals surface area contributed by atoms with Crippen LogP contribution in [0.1, 0.15) is 34.7 Å². The van der Waals surface area contributed by atoms with Gasteiger partial charge in [0.05, 0.1) is 11.7 Å². The highest BCUT2D eigenvalue weighted by molar-refractivity contribution is 8.13. The Hall–Kier alpha value is -1.75. The summed E-state index contributed by atoms with van der Waals surface area (Å²) in [5.74, 6) is 0.567. The fourth-order valence-corrected chi connectivity index (χ4v) is 3.12. The van der Waals surface area contributed by atoms with E-state index in [0.717, 1.165) is 11.3 Å². The monoisotopic (exact) mass is 260 g/mol. The highest BCUT2D eigenvalue weighted by Crippen LogP contribution is 2.30. The molecule has 4 nitrogen and oxygen atoms in total. The zero-order valence-corrected chi connectivity index (χ0v) is 10.7. The number of nitrogens with zero attached hydrogens (tertiary/aromatic N) is 1. The molecule has 0 aliphatic carbocycles. The Bertz CT molecular complexity index is 657. The number of thioether (sulfide) groups is 1. The van der Waals surface area contributed by atoms with E-state index < -0.39 is 0 Å². The number of hydrogen-bond donors (Lipinski definition) is 1. The molecule has 2 heterocycles. The van der Waals surface area contributed by atoms with Gasteiger partial charge in [0.15, 0.2) is 0 Å². The molecule has 1 N–H and O–H groups in total. The van der Waals surface area contributed by atoms with Gasteiger partial charge in [0.25, 0.3) is 0 Å². The molecule has 5 heteroatoms. The number of H-pyrrole nitrogens is 1. The Morgan fingerprint density at radius 3 is 2.72 bits per heavy atom. The number of hydrogen-bond acceptors (Lipinski definition) is 3. The van der Waals surface area contributed by atoms with Crippen LogP contribution in [-0.4, -0.2) is 14.7 Å². The van der Waals surface area contributed by atoms with E-state index in [-0.39, 0.29) is 16.8 Å². The quantitative estimate of drug-likeness (QED) is 0.900. The molecule has 0 radical (unpaired) electrons. The molecule has 1 aromatic carbocycles. The van der Waals surface area contributed by atoms with Crippen molar-refractivity contribution in [3.63, 3.8) is 0 Å². The van der Waals surface area contributed by atoms with Crippen LogP contribution in [0.4, 0.5) is 0 Å². The lowest BCUT2D eigenvalue weighted by Gasteiger charge is -2.14. The van der Waals surface area contributed by atoms with Crippen LogP contribution in [0.25, 0.3) is 0 Å². The Labute approximate surface area is 108 Å². The van der Waals surface area contributed by atoms with Gasteiger partial charge in [0, 0.05) is 5.75 Å². The molecule has 92 valence electrons. The first-order valence-corrected chi connectivity index (χ1v) is 6.72. The first kappa shape index (κ1) is 11.3. The zero-order chi connectivity index (χ0) is 12.7. The second-order valence-corrected chi connectivity index (χ2v) is 5.24. The number of benzene rings is 1. The molecule has 0 fully saturated rings. The molecule has 1 aliphatic rings. The van der Waals surface area contributed by atoms with Crippen molar-refractivity contribution in [1.29, 1.82) is 0 Å². The Morgan fingerprint density at radius 2 is 2.00 bits per heavy atom. The third-order valence-corrected chi connectivity index (χ3v) is 4.10. The molecule has 1 aliphatic heterocycles. The van der Waals surface area contributed by atoms with Crippen LogP contribution in [0.5, 0.6) is 0 Å². The molecule has 3 rings (SSSR count). The van der Waals surface area contributed by atoms with Crippen molar-refractivity contribution in [2.45, 2.75) is 18.7 Å². The summed E-state index contributed by atoms with van der Waals surface area (Å²) in [6.45, 7) is 1.93. The summed E-state index contributed by atoms with van der Waals surface area (Å²) in [7, 11) is 0. The molecular weight excluding hydrogens is 248 g/mol. The van der Waals surface area contributed by atoms with E-state index in [1.54, 1.807) is 4.57 Å². The third-order valence-electron chi connectivity index (χ3n) is 3.21. The second kappa shape index (κ2) is 4.17. The second-order valence-electron chi connectivity index (χ2n) is 4.29. The first-order chi connectivity index (χ1) is 8.68.